The Morgan fingerprint density at radius 3 is 2.60 bits per heavy atom. The first-order valence-corrected chi connectivity index (χ1v) is 8.20. The van der Waals surface area contributed by atoms with Crippen molar-refractivity contribution in [2.75, 3.05) is 19.4 Å². The first-order valence-electron chi connectivity index (χ1n) is 6.67. The summed E-state index contributed by atoms with van der Waals surface area (Å²) in [6.07, 6.45) is 0.742. The Kier molecular flexibility index (Phi) is 7.41. The van der Waals surface area contributed by atoms with Gasteiger partial charge in [-0.15, -0.1) is 0 Å². The minimum Gasteiger partial charge on any atom is -0.468 e. The van der Waals surface area contributed by atoms with Crippen molar-refractivity contribution in [3.05, 3.63) is 34.9 Å². The summed E-state index contributed by atoms with van der Waals surface area (Å²) in [5.74, 6) is 1.60. The molecule has 3 nitrogen and oxygen atoms in total. The second-order valence-electron chi connectivity index (χ2n) is 4.78. The maximum absolute atomic E-state index is 11.8. The fourth-order valence-electron chi connectivity index (χ4n) is 1.92. The highest BCUT2D eigenvalue weighted by atomic mass is 35.5. The van der Waals surface area contributed by atoms with E-state index in [-0.39, 0.29) is 5.97 Å². The van der Waals surface area contributed by atoms with Gasteiger partial charge in [-0.3, -0.25) is 4.79 Å². The molecule has 20 heavy (non-hydrogen) atoms. The van der Waals surface area contributed by atoms with Crippen LogP contribution in [0.25, 0.3) is 0 Å². The molecule has 5 heteroatoms. The lowest BCUT2D eigenvalue weighted by molar-refractivity contribution is -0.147. The van der Waals surface area contributed by atoms with Crippen molar-refractivity contribution in [1.29, 1.82) is 0 Å². The summed E-state index contributed by atoms with van der Waals surface area (Å²) in [5.41, 5.74) is 0.638. The number of halogens is 1. The second-order valence-corrected chi connectivity index (χ2v) is 6.32. The van der Waals surface area contributed by atoms with Gasteiger partial charge in [0.25, 0.3) is 0 Å². The highest BCUT2D eigenvalue weighted by Gasteiger charge is 2.32. The van der Waals surface area contributed by atoms with Crippen molar-refractivity contribution in [3.8, 4) is 0 Å². The van der Waals surface area contributed by atoms with E-state index >= 15 is 0 Å². The molecule has 1 aromatic carbocycles. The van der Waals surface area contributed by atoms with Gasteiger partial charge in [-0.2, -0.15) is 11.8 Å². The molecule has 112 valence electrons. The van der Waals surface area contributed by atoms with E-state index in [2.05, 4.69) is 5.32 Å². The predicted molar refractivity (Wildman–Crippen MR) is 86.3 cm³/mol. The number of likely N-dealkylation sites (N-methyl/N-ethyl adjacent to an activating group) is 1. The number of nitrogens with one attached hydrogen (secondary N) is 1. The third kappa shape index (κ3) is 5.35. The molecule has 0 saturated carbocycles. The van der Waals surface area contributed by atoms with Crippen molar-refractivity contribution in [2.24, 2.45) is 0 Å². The summed E-state index contributed by atoms with van der Waals surface area (Å²) in [6.45, 7) is 4.63. The first-order chi connectivity index (χ1) is 9.51. The topological polar surface area (TPSA) is 38.3 Å². The highest BCUT2D eigenvalue weighted by Crippen LogP contribution is 2.20. The van der Waals surface area contributed by atoms with E-state index in [1.54, 1.807) is 11.8 Å². The Bertz CT molecular complexity index is 424. The molecule has 0 bridgehead atoms. The maximum Gasteiger partial charge on any atom is 0.325 e. The van der Waals surface area contributed by atoms with Crippen LogP contribution in [0.4, 0.5) is 0 Å². The van der Waals surface area contributed by atoms with Crippen LogP contribution in [0.15, 0.2) is 24.3 Å². The first kappa shape index (κ1) is 17.3. The SMILES string of the molecule is CCNC(C)(CCSCc1ccc(Cl)cc1)C(=O)OC. The Hall–Kier alpha value is -0.710. The largest absolute Gasteiger partial charge is 0.468 e. The minimum atomic E-state index is -0.601. The molecule has 1 N–H and O–H groups in total. The van der Waals surface area contributed by atoms with E-state index in [1.165, 1.54) is 12.7 Å². The number of ether oxygens (including phenoxy) is 1. The Labute approximate surface area is 130 Å². The van der Waals surface area contributed by atoms with Gasteiger partial charge in [0.05, 0.1) is 7.11 Å². The third-order valence-corrected chi connectivity index (χ3v) is 4.41. The van der Waals surface area contributed by atoms with Crippen molar-refractivity contribution >= 4 is 29.3 Å². The van der Waals surface area contributed by atoms with Gasteiger partial charge in [0.1, 0.15) is 5.54 Å². The van der Waals surface area contributed by atoms with E-state index in [0.717, 1.165) is 29.5 Å². The number of carbonyl (C=O) groups excluding carboxylic acids is 1. The number of thioether (sulfide) groups is 1. The summed E-state index contributed by atoms with van der Waals surface area (Å²) in [4.78, 5) is 11.8. The van der Waals surface area contributed by atoms with Crippen LogP contribution in [0.3, 0.4) is 0 Å². The highest BCUT2D eigenvalue weighted by molar-refractivity contribution is 7.98. The lowest BCUT2D eigenvalue weighted by Gasteiger charge is -2.27. The molecule has 0 aliphatic rings. The second kappa shape index (κ2) is 8.55. The Morgan fingerprint density at radius 2 is 2.05 bits per heavy atom. The molecular weight excluding hydrogens is 294 g/mol. The molecule has 1 aromatic rings. The molecular formula is C15H22ClNO2S. The molecule has 0 heterocycles. The van der Waals surface area contributed by atoms with Crippen LogP contribution in [0, 0.1) is 0 Å². The molecule has 1 rings (SSSR count). The van der Waals surface area contributed by atoms with Gasteiger partial charge in [-0.25, -0.2) is 0 Å². The molecule has 0 aliphatic heterocycles. The number of esters is 1. The van der Waals surface area contributed by atoms with Crippen molar-refractivity contribution < 1.29 is 9.53 Å². The Morgan fingerprint density at radius 1 is 1.40 bits per heavy atom. The fraction of sp³-hybridized carbons (Fsp3) is 0.533. The van der Waals surface area contributed by atoms with E-state index in [1.807, 2.05) is 38.1 Å². The van der Waals surface area contributed by atoms with E-state index in [9.17, 15) is 4.79 Å². The van der Waals surface area contributed by atoms with Crippen LogP contribution in [0.2, 0.25) is 5.02 Å². The molecule has 0 spiro atoms. The van der Waals surface area contributed by atoms with E-state index in [0.29, 0.717) is 0 Å². The average molecular weight is 316 g/mol. The normalized spacial score (nSPS) is 13.8. The number of methoxy groups -OCH3 is 1. The number of hydrogen-bond donors (Lipinski definition) is 1. The number of rotatable bonds is 8. The van der Waals surface area contributed by atoms with Crippen LogP contribution in [0.1, 0.15) is 25.8 Å². The molecule has 1 atom stereocenters. The summed E-state index contributed by atoms with van der Waals surface area (Å²) < 4.78 is 4.87. The smallest absolute Gasteiger partial charge is 0.325 e. The van der Waals surface area contributed by atoms with Crippen LogP contribution < -0.4 is 5.32 Å². The zero-order chi connectivity index (χ0) is 15.0. The number of carbonyl (C=O) groups is 1. The molecule has 1 unspecified atom stereocenters. The van der Waals surface area contributed by atoms with Crippen LogP contribution in [0.5, 0.6) is 0 Å². The lowest BCUT2D eigenvalue weighted by atomic mass is 9.99. The summed E-state index contributed by atoms with van der Waals surface area (Å²) in [7, 11) is 1.43. The van der Waals surface area contributed by atoms with Crippen molar-refractivity contribution in [3.63, 3.8) is 0 Å². The molecule has 0 fully saturated rings. The third-order valence-electron chi connectivity index (χ3n) is 3.13. The van der Waals surface area contributed by atoms with Gasteiger partial charge in [0.2, 0.25) is 0 Å². The van der Waals surface area contributed by atoms with Gasteiger partial charge < -0.3 is 10.1 Å². The van der Waals surface area contributed by atoms with E-state index < -0.39 is 5.54 Å². The van der Waals surface area contributed by atoms with Gasteiger partial charge in [-0.1, -0.05) is 30.7 Å². The zero-order valence-electron chi connectivity index (χ0n) is 12.2. The molecule has 0 amide bonds. The average Bonchev–Trinajstić information content (AvgIpc) is 2.45. The fourth-order valence-corrected chi connectivity index (χ4v) is 3.18. The van der Waals surface area contributed by atoms with E-state index in [4.69, 9.17) is 16.3 Å². The van der Waals surface area contributed by atoms with Crippen molar-refractivity contribution in [1.82, 2.24) is 5.32 Å². The number of hydrogen-bond acceptors (Lipinski definition) is 4. The van der Waals surface area contributed by atoms with Gasteiger partial charge in [0.15, 0.2) is 0 Å². The lowest BCUT2D eigenvalue weighted by Crippen LogP contribution is -2.50. The van der Waals surface area contributed by atoms with Gasteiger partial charge in [0, 0.05) is 10.8 Å². The standard InChI is InChI=1S/C15H22ClNO2S/c1-4-17-15(2,14(18)19-3)9-10-20-11-12-5-7-13(16)8-6-12/h5-8,17H,4,9-11H2,1-3H3. The quantitative estimate of drug-likeness (QED) is 0.588. The van der Waals surface area contributed by atoms with Gasteiger partial charge in [-0.05, 0) is 43.3 Å². The monoisotopic (exact) mass is 315 g/mol. The maximum atomic E-state index is 11.8. The molecule has 0 saturated heterocycles. The summed E-state index contributed by atoms with van der Waals surface area (Å²) >= 11 is 7.65. The van der Waals surface area contributed by atoms with Crippen LogP contribution in [-0.4, -0.2) is 30.9 Å². The van der Waals surface area contributed by atoms with Crippen LogP contribution >= 0.6 is 23.4 Å². The molecule has 0 aromatic heterocycles. The summed E-state index contributed by atoms with van der Waals surface area (Å²) in [5, 5.41) is 3.96. The van der Waals surface area contributed by atoms with Gasteiger partial charge >= 0.3 is 5.97 Å². The van der Waals surface area contributed by atoms with Crippen LogP contribution in [-0.2, 0) is 15.3 Å². The van der Waals surface area contributed by atoms with Crippen molar-refractivity contribution in [2.45, 2.75) is 31.6 Å². The molecule has 0 aliphatic carbocycles. The Balaban J connectivity index is 2.41. The minimum absolute atomic E-state index is 0.202. The predicted octanol–water partition coefficient (Wildman–Crippen LogP) is 3.50. The molecule has 0 radical (unpaired) electrons. The zero-order valence-corrected chi connectivity index (χ0v) is 13.8. The number of benzene rings is 1. The summed E-state index contributed by atoms with van der Waals surface area (Å²) in [6, 6.07) is 7.85.